The molecule has 1 aromatic heterocycles. The zero-order valence-corrected chi connectivity index (χ0v) is 7.99. The molecule has 0 atom stereocenters. The van der Waals surface area contributed by atoms with Crippen molar-refractivity contribution in [3.8, 4) is 0 Å². The van der Waals surface area contributed by atoms with Crippen molar-refractivity contribution in [1.82, 2.24) is 0 Å². The quantitative estimate of drug-likeness (QED) is 0.661. The van der Waals surface area contributed by atoms with Crippen molar-refractivity contribution in [3.05, 3.63) is 54.8 Å². The van der Waals surface area contributed by atoms with Crippen LogP contribution in [0.3, 0.4) is 0 Å². The molecule has 0 spiro atoms. The molecule has 1 heteroatoms. The standard InChI is InChI=1S/C13H12O/c1-3-7-12-10(4-2)11-8-5-6-9-13(11)14-12/h3-6,8-9H,1-2,7H2. The molecule has 2 rings (SSSR count). The van der Waals surface area contributed by atoms with Gasteiger partial charge in [-0.15, -0.1) is 6.58 Å². The van der Waals surface area contributed by atoms with Crippen LogP contribution in [0.2, 0.25) is 0 Å². The maximum absolute atomic E-state index is 5.69. The van der Waals surface area contributed by atoms with Crippen LogP contribution in [-0.2, 0) is 6.42 Å². The molecule has 0 aliphatic carbocycles. The molecule has 0 N–H and O–H groups in total. The number of rotatable bonds is 3. The van der Waals surface area contributed by atoms with Gasteiger partial charge in [-0.05, 0) is 6.07 Å². The minimum Gasteiger partial charge on any atom is -0.460 e. The van der Waals surface area contributed by atoms with Crippen LogP contribution in [0.25, 0.3) is 17.0 Å². The third-order valence-electron chi connectivity index (χ3n) is 2.24. The summed E-state index contributed by atoms with van der Waals surface area (Å²) in [5.41, 5.74) is 2.00. The molecule has 1 aromatic carbocycles. The Morgan fingerprint density at radius 1 is 1.21 bits per heavy atom. The van der Waals surface area contributed by atoms with E-state index in [2.05, 4.69) is 13.2 Å². The fourth-order valence-corrected chi connectivity index (χ4v) is 1.62. The summed E-state index contributed by atoms with van der Waals surface area (Å²) >= 11 is 0. The normalized spacial score (nSPS) is 10.3. The Bertz CT molecular complexity index is 477. The number of para-hydroxylation sites is 1. The van der Waals surface area contributed by atoms with Crippen LogP contribution >= 0.6 is 0 Å². The molecule has 0 saturated heterocycles. The molecule has 0 radical (unpaired) electrons. The average Bonchev–Trinajstić information content (AvgIpc) is 2.55. The topological polar surface area (TPSA) is 13.1 Å². The lowest BCUT2D eigenvalue weighted by Crippen LogP contribution is -1.78. The van der Waals surface area contributed by atoms with Gasteiger partial charge in [0.25, 0.3) is 0 Å². The molecule has 0 amide bonds. The second-order valence-electron chi connectivity index (χ2n) is 3.13. The van der Waals surface area contributed by atoms with Crippen LogP contribution < -0.4 is 0 Å². The lowest BCUT2D eigenvalue weighted by atomic mass is 10.1. The average molecular weight is 184 g/mol. The van der Waals surface area contributed by atoms with Crippen molar-refractivity contribution in [2.45, 2.75) is 6.42 Å². The lowest BCUT2D eigenvalue weighted by Gasteiger charge is -1.91. The molecule has 1 heterocycles. The summed E-state index contributed by atoms with van der Waals surface area (Å²) in [6, 6.07) is 7.98. The fraction of sp³-hybridized carbons (Fsp3) is 0.0769. The fourth-order valence-electron chi connectivity index (χ4n) is 1.62. The molecule has 14 heavy (non-hydrogen) atoms. The van der Waals surface area contributed by atoms with Gasteiger partial charge in [0.2, 0.25) is 0 Å². The first kappa shape index (κ1) is 8.82. The summed E-state index contributed by atoms with van der Waals surface area (Å²) in [6.45, 7) is 7.51. The number of furan rings is 1. The predicted octanol–water partition coefficient (Wildman–Crippen LogP) is 3.80. The van der Waals surface area contributed by atoms with E-state index < -0.39 is 0 Å². The van der Waals surface area contributed by atoms with E-state index in [0.717, 1.165) is 28.7 Å². The van der Waals surface area contributed by atoms with Crippen molar-refractivity contribution < 1.29 is 4.42 Å². The highest BCUT2D eigenvalue weighted by Gasteiger charge is 2.08. The highest BCUT2D eigenvalue weighted by molar-refractivity contribution is 5.88. The maximum Gasteiger partial charge on any atom is 0.134 e. The summed E-state index contributed by atoms with van der Waals surface area (Å²) in [4.78, 5) is 0. The molecular formula is C13H12O. The van der Waals surface area contributed by atoms with E-state index in [4.69, 9.17) is 4.42 Å². The van der Waals surface area contributed by atoms with Gasteiger partial charge in [0.05, 0.1) is 0 Å². The zero-order valence-electron chi connectivity index (χ0n) is 7.99. The van der Waals surface area contributed by atoms with Gasteiger partial charge in [-0.1, -0.05) is 36.9 Å². The van der Waals surface area contributed by atoms with Gasteiger partial charge in [-0.2, -0.15) is 0 Å². The Labute approximate surface area is 83.4 Å². The van der Waals surface area contributed by atoms with Gasteiger partial charge in [-0.3, -0.25) is 0 Å². The Morgan fingerprint density at radius 2 is 2.00 bits per heavy atom. The van der Waals surface area contributed by atoms with Gasteiger partial charge in [0, 0.05) is 17.4 Å². The monoisotopic (exact) mass is 184 g/mol. The van der Waals surface area contributed by atoms with E-state index in [0.29, 0.717) is 0 Å². The summed E-state index contributed by atoms with van der Waals surface area (Å²) in [5, 5.41) is 1.12. The van der Waals surface area contributed by atoms with E-state index in [9.17, 15) is 0 Å². The summed E-state index contributed by atoms with van der Waals surface area (Å²) in [5.74, 6) is 0.941. The van der Waals surface area contributed by atoms with Gasteiger partial charge < -0.3 is 4.42 Å². The minimum atomic E-state index is 0.746. The van der Waals surface area contributed by atoms with Gasteiger partial charge in [-0.25, -0.2) is 0 Å². The van der Waals surface area contributed by atoms with E-state index in [1.165, 1.54) is 0 Å². The van der Waals surface area contributed by atoms with Gasteiger partial charge >= 0.3 is 0 Å². The van der Waals surface area contributed by atoms with E-state index in [1.807, 2.05) is 36.4 Å². The van der Waals surface area contributed by atoms with Crippen LogP contribution in [0, 0.1) is 0 Å². The van der Waals surface area contributed by atoms with E-state index in [-0.39, 0.29) is 0 Å². The Balaban J connectivity index is 2.71. The van der Waals surface area contributed by atoms with E-state index >= 15 is 0 Å². The van der Waals surface area contributed by atoms with Crippen molar-refractivity contribution >= 4 is 17.0 Å². The SMILES string of the molecule is C=CCc1oc2ccccc2c1C=C. The van der Waals surface area contributed by atoms with Crippen molar-refractivity contribution in [1.29, 1.82) is 0 Å². The van der Waals surface area contributed by atoms with E-state index in [1.54, 1.807) is 0 Å². The second-order valence-corrected chi connectivity index (χ2v) is 3.13. The van der Waals surface area contributed by atoms with Gasteiger partial charge in [0.15, 0.2) is 0 Å². The zero-order chi connectivity index (χ0) is 9.97. The summed E-state index contributed by atoms with van der Waals surface area (Å²) in [6.07, 6.45) is 4.42. The van der Waals surface area contributed by atoms with Gasteiger partial charge in [0.1, 0.15) is 11.3 Å². The molecule has 0 bridgehead atoms. The molecular weight excluding hydrogens is 172 g/mol. The van der Waals surface area contributed by atoms with Crippen LogP contribution in [0.5, 0.6) is 0 Å². The van der Waals surface area contributed by atoms with Crippen LogP contribution in [0.1, 0.15) is 11.3 Å². The number of hydrogen-bond donors (Lipinski definition) is 0. The Kier molecular flexibility index (Phi) is 2.23. The van der Waals surface area contributed by atoms with Crippen LogP contribution in [0.15, 0.2) is 47.9 Å². The summed E-state index contributed by atoms with van der Waals surface area (Å²) in [7, 11) is 0. The first-order valence-corrected chi connectivity index (χ1v) is 4.60. The first-order chi connectivity index (χ1) is 6.86. The second kappa shape index (κ2) is 3.54. The van der Waals surface area contributed by atoms with Crippen LogP contribution in [0.4, 0.5) is 0 Å². The molecule has 0 saturated carbocycles. The smallest absolute Gasteiger partial charge is 0.134 e. The Hall–Kier alpha value is -1.76. The molecule has 70 valence electrons. The Morgan fingerprint density at radius 3 is 2.71 bits per heavy atom. The number of benzene rings is 1. The van der Waals surface area contributed by atoms with Crippen molar-refractivity contribution in [2.75, 3.05) is 0 Å². The largest absolute Gasteiger partial charge is 0.460 e. The first-order valence-electron chi connectivity index (χ1n) is 4.60. The third-order valence-corrected chi connectivity index (χ3v) is 2.24. The minimum absolute atomic E-state index is 0.746. The molecule has 0 aliphatic heterocycles. The molecule has 1 nitrogen and oxygen atoms in total. The number of hydrogen-bond acceptors (Lipinski definition) is 1. The predicted molar refractivity (Wildman–Crippen MR) is 60.2 cm³/mol. The maximum atomic E-state index is 5.69. The van der Waals surface area contributed by atoms with Crippen molar-refractivity contribution in [3.63, 3.8) is 0 Å². The highest BCUT2D eigenvalue weighted by atomic mass is 16.3. The van der Waals surface area contributed by atoms with Crippen LogP contribution in [-0.4, -0.2) is 0 Å². The lowest BCUT2D eigenvalue weighted by molar-refractivity contribution is 0.564. The molecule has 0 aliphatic rings. The molecule has 0 unspecified atom stereocenters. The summed E-state index contributed by atoms with van der Waals surface area (Å²) < 4.78 is 5.69. The molecule has 2 aromatic rings. The van der Waals surface area contributed by atoms with Crippen molar-refractivity contribution in [2.24, 2.45) is 0 Å². The molecule has 0 fully saturated rings. The highest BCUT2D eigenvalue weighted by Crippen LogP contribution is 2.26. The third kappa shape index (κ3) is 1.27. The number of allylic oxidation sites excluding steroid dienone is 1. The number of fused-ring (bicyclic) bond motifs is 1.